The lowest BCUT2D eigenvalue weighted by atomic mass is 10.1. The van der Waals surface area contributed by atoms with E-state index in [1.165, 1.54) is 17.3 Å². The molecule has 4 aromatic rings. The van der Waals surface area contributed by atoms with Crippen molar-refractivity contribution in [2.75, 3.05) is 51.1 Å². The average Bonchev–Trinajstić information content (AvgIpc) is 3.41. The van der Waals surface area contributed by atoms with Crippen LogP contribution in [-0.2, 0) is 4.79 Å². The summed E-state index contributed by atoms with van der Waals surface area (Å²) in [5.74, 6) is 2.20. The van der Waals surface area contributed by atoms with E-state index < -0.39 is 0 Å². The molecule has 2 aromatic carbocycles. The van der Waals surface area contributed by atoms with Gasteiger partial charge in [0.25, 0.3) is 0 Å². The number of thioether (sulfide) groups is 1. The lowest BCUT2D eigenvalue weighted by molar-refractivity contribution is -0.128. The standard InChI is InChI=1S/C28H29ClN6O3S/c1-19-4-5-21(29)16-23(19)33-12-14-34(15-13-33)26(36)18-39-28-32-31-27(20-8-10-30-11-9-20)35(28)24-17-22(37-2)6-7-25(24)38-3/h4-11,16-17H,12-15,18H2,1-3H3. The molecule has 3 heterocycles. The molecule has 0 spiro atoms. The van der Waals surface area contributed by atoms with Gasteiger partial charge >= 0.3 is 0 Å². The molecule has 11 heteroatoms. The quantitative estimate of drug-likeness (QED) is 0.283. The highest BCUT2D eigenvalue weighted by molar-refractivity contribution is 7.99. The Balaban J connectivity index is 1.35. The Morgan fingerprint density at radius 2 is 1.72 bits per heavy atom. The first kappa shape index (κ1) is 26.8. The number of halogens is 1. The number of benzene rings is 2. The molecule has 1 fully saturated rings. The van der Waals surface area contributed by atoms with E-state index in [9.17, 15) is 4.79 Å². The Labute approximate surface area is 236 Å². The molecule has 0 saturated carbocycles. The van der Waals surface area contributed by atoms with Crippen LogP contribution >= 0.6 is 23.4 Å². The summed E-state index contributed by atoms with van der Waals surface area (Å²) in [6.07, 6.45) is 3.41. The molecule has 2 aromatic heterocycles. The Bertz CT molecular complexity index is 1460. The van der Waals surface area contributed by atoms with E-state index in [0.717, 1.165) is 24.3 Å². The van der Waals surface area contributed by atoms with Crippen LogP contribution in [0.2, 0.25) is 5.02 Å². The van der Waals surface area contributed by atoms with Gasteiger partial charge in [-0.15, -0.1) is 10.2 Å². The molecule has 1 amide bonds. The molecule has 0 atom stereocenters. The van der Waals surface area contributed by atoms with Gasteiger partial charge in [-0.2, -0.15) is 0 Å². The molecule has 1 aliphatic rings. The second kappa shape index (κ2) is 12.0. The number of amides is 1. The summed E-state index contributed by atoms with van der Waals surface area (Å²) in [5, 5.41) is 10.2. The van der Waals surface area contributed by atoms with E-state index in [2.05, 4.69) is 27.0 Å². The van der Waals surface area contributed by atoms with Crippen LogP contribution in [0.1, 0.15) is 5.56 Å². The molecular formula is C28H29ClN6O3S. The highest BCUT2D eigenvalue weighted by Gasteiger charge is 2.25. The zero-order valence-corrected chi connectivity index (χ0v) is 23.6. The first-order valence-electron chi connectivity index (χ1n) is 12.5. The van der Waals surface area contributed by atoms with Crippen molar-refractivity contribution in [3.05, 3.63) is 71.5 Å². The minimum atomic E-state index is 0.0556. The van der Waals surface area contributed by atoms with Crippen LogP contribution in [0.15, 0.2) is 66.1 Å². The zero-order chi connectivity index (χ0) is 27.4. The average molecular weight is 565 g/mol. The normalized spacial score (nSPS) is 13.4. The van der Waals surface area contributed by atoms with Gasteiger partial charge < -0.3 is 19.3 Å². The predicted molar refractivity (Wildman–Crippen MR) is 153 cm³/mol. The number of hydrogen-bond donors (Lipinski definition) is 0. The number of carbonyl (C=O) groups excluding carboxylic acids is 1. The van der Waals surface area contributed by atoms with Crippen molar-refractivity contribution in [2.45, 2.75) is 12.1 Å². The summed E-state index contributed by atoms with van der Waals surface area (Å²) in [6, 6.07) is 15.2. The molecule has 0 radical (unpaired) electrons. The monoisotopic (exact) mass is 564 g/mol. The van der Waals surface area contributed by atoms with Gasteiger partial charge in [-0.05, 0) is 48.9 Å². The molecule has 0 bridgehead atoms. The zero-order valence-electron chi connectivity index (χ0n) is 22.0. The molecule has 5 rings (SSSR count). The number of piperazine rings is 1. The third-order valence-corrected chi connectivity index (χ3v) is 7.82. The van der Waals surface area contributed by atoms with Crippen molar-refractivity contribution in [2.24, 2.45) is 0 Å². The fraction of sp³-hybridized carbons (Fsp3) is 0.286. The summed E-state index contributed by atoms with van der Waals surface area (Å²) in [6.45, 7) is 4.86. The number of aryl methyl sites for hydroxylation is 1. The van der Waals surface area contributed by atoms with Gasteiger partial charge in [0.05, 0.1) is 25.7 Å². The van der Waals surface area contributed by atoms with E-state index in [-0.39, 0.29) is 11.7 Å². The maximum atomic E-state index is 13.2. The van der Waals surface area contributed by atoms with Crippen molar-refractivity contribution in [3.63, 3.8) is 0 Å². The third kappa shape index (κ3) is 5.81. The summed E-state index contributed by atoms with van der Waals surface area (Å²) >= 11 is 7.57. The van der Waals surface area contributed by atoms with Crippen LogP contribution in [0, 0.1) is 6.92 Å². The Hall–Kier alpha value is -3.76. The number of ether oxygens (including phenoxy) is 2. The van der Waals surface area contributed by atoms with Gasteiger partial charge in [-0.1, -0.05) is 29.4 Å². The second-order valence-electron chi connectivity index (χ2n) is 9.00. The van der Waals surface area contributed by atoms with E-state index in [1.54, 1.807) is 26.6 Å². The van der Waals surface area contributed by atoms with E-state index in [4.69, 9.17) is 21.1 Å². The van der Waals surface area contributed by atoms with Gasteiger partial charge in [0.2, 0.25) is 5.91 Å². The molecule has 202 valence electrons. The first-order chi connectivity index (χ1) is 19.0. The smallest absolute Gasteiger partial charge is 0.233 e. The highest BCUT2D eigenvalue weighted by Crippen LogP contribution is 2.35. The maximum Gasteiger partial charge on any atom is 0.233 e. The lowest BCUT2D eigenvalue weighted by Crippen LogP contribution is -2.49. The summed E-state index contributed by atoms with van der Waals surface area (Å²) < 4.78 is 13.0. The minimum absolute atomic E-state index is 0.0556. The molecule has 39 heavy (non-hydrogen) atoms. The van der Waals surface area contributed by atoms with Crippen LogP contribution in [0.3, 0.4) is 0 Å². The number of methoxy groups -OCH3 is 2. The predicted octanol–water partition coefficient (Wildman–Crippen LogP) is 4.75. The fourth-order valence-corrected chi connectivity index (χ4v) is 5.59. The molecule has 0 aliphatic carbocycles. The Morgan fingerprint density at radius 1 is 0.949 bits per heavy atom. The number of pyridine rings is 1. The minimum Gasteiger partial charge on any atom is -0.497 e. The van der Waals surface area contributed by atoms with E-state index in [0.29, 0.717) is 46.3 Å². The number of hydrogen-bond acceptors (Lipinski definition) is 8. The van der Waals surface area contributed by atoms with Gasteiger partial charge in [-0.25, -0.2) is 0 Å². The van der Waals surface area contributed by atoms with Crippen molar-refractivity contribution < 1.29 is 14.3 Å². The number of carbonyl (C=O) groups is 1. The van der Waals surface area contributed by atoms with Crippen LogP contribution in [-0.4, -0.2) is 76.7 Å². The second-order valence-corrected chi connectivity index (χ2v) is 10.4. The van der Waals surface area contributed by atoms with Crippen molar-refractivity contribution in [3.8, 4) is 28.6 Å². The third-order valence-electron chi connectivity index (χ3n) is 6.67. The largest absolute Gasteiger partial charge is 0.497 e. The van der Waals surface area contributed by atoms with Crippen molar-refractivity contribution in [1.29, 1.82) is 0 Å². The molecular weight excluding hydrogens is 536 g/mol. The van der Waals surface area contributed by atoms with Gasteiger partial charge in [0.15, 0.2) is 11.0 Å². The number of anilines is 1. The van der Waals surface area contributed by atoms with Gasteiger partial charge in [-0.3, -0.25) is 14.3 Å². The first-order valence-corrected chi connectivity index (χ1v) is 13.8. The molecule has 1 saturated heterocycles. The van der Waals surface area contributed by atoms with Crippen LogP contribution in [0.4, 0.5) is 5.69 Å². The number of nitrogens with zero attached hydrogens (tertiary/aromatic N) is 6. The Kier molecular flexibility index (Phi) is 8.23. The van der Waals surface area contributed by atoms with Gasteiger partial charge in [0, 0.05) is 60.9 Å². The molecule has 0 N–H and O–H groups in total. The van der Waals surface area contributed by atoms with Crippen LogP contribution < -0.4 is 14.4 Å². The fourth-order valence-electron chi connectivity index (χ4n) is 4.58. The van der Waals surface area contributed by atoms with E-state index >= 15 is 0 Å². The molecule has 0 unspecified atom stereocenters. The summed E-state index contributed by atoms with van der Waals surface area (Å²) in [4.78, 5) is 21.5. The number of rotatable bonds is 8. The maximum absolute atomic E-state index is 13.2. The van der Waals surface area contributed by atoms with Crippen molar-refractivity contribution >= 4 is 35.0 Å². The summed E-state index contributed by atoms with van der Waals surface area (Å²) in [7, 11) is 3.23. The summed E-state index contributed by atoms with van der Waals surface area (Å²) in [5.41, 5.74) is 3.85. The van der Waals surface area contributed by atoms with Crippen LogP contribution in [0.25, 0.3) is 17.1 Å². The van der Waals surface area contributed by atoms with Gasteiger partial charge in [0.1, 0.15) is 11.5 Å². The molecule has 1 aliphatic heterocycles. The van der Waals surface area contributed by atoms with E-state index in [1.807, 2.05) is 58.0 Å². The van der Waals surface area contributed by atoms with Crippen molar-refractivity contribution in [1.82, 2.24) is 24.6 Å². The topological polar surface area (TPSA) is 85.6 Å². The highest BCUT2D eigenvalue weighted by atomic mass is 35.5. The number of aromatic nitrogens is 4. The molecule has 9 nitrogen and oxygen atoms in total. The lowest BCUT2D eigenvalue weighted by Gasteiger charge is -2.36. The van der Waals surface area contributed by atoms with Crippen LogP contribution in [0.5, 0.6) is 11.5 Å². The SMILES string of the molecule is COc1ccc(OC)c(-n2c(SCC(=O)N3CCN(c4cc(Cl)ccc4C)CC3)nnc2-c2ccncc2)c1. The Morgan fingerprint density at radius 3 is 2.44 bits per heavy atom.